The van der Waals surface area contributed by atoms with Gasteiger partial charge in [0, 0.05) is 17.3 Å². The Labute approximate surface area is 117 Å². The summed E-state index contributed by atoms with van der Waals surface area (Å²) in [4.78, 5) is 0. The van der Waals surface area contributed by atoms with E-state index < -0.39 is 0 Å². The third-order valence-electron chi connectivity index (χ3n) is 2.96. The molecule has 0 bridgehead atoms. The van der Waals surface area contributed by atoms with Crippen LogP contribution < -0.4 is 10.5 Å². The zero-order valence-electron chi connectivity index (χ0n) is 10.8. The van der Waals surface area contributed by atoms with E-state index in [1.807, 2.05) is 19.9 Å². The summed E-state index contributed by atoms with van der Waals surface area (Å²) >= 11 is 5.95. The minimum Gasteiger partial charge on any atom is -0.489 e. The molecule has 0 unspecified atom stereocenters. The van der Waals surface area contributed by atoms with Crippen LogP contribution in [0.1, 0.15) is 16.7 Å². The Bertz CT molecular complexity index is 613. The van der Waals surface area contributed by atoms with E-state index in [0.29, 0.717) is 16.5 Å². The van der Waals surface area contributed by atoms with Crippen LogP contribution in [-0.4, -0.2) is 0 Å². The minimum absolute atomic E-state index is 0.280. The Morgan fingerprint density at radius 1 is 1.16 bits per heavy atom. The van der Waals surface area contributed by atoms with Gasteiger partial charge in [-0.15, -0.1) is 0 Å². The molecule has 19 heavy (non-hydrogen) atoms. The molecule has 0 aliphatic rings. The van der Waals surface area contributed by atoms with E-state index in [4.69, 9.17) is 22.1 Å². The third-order valence-corrected chi connectivity index (χ3v) is 3.31. The number of halogens is 2. The molecule has 2 aromatic carbocycles. The molecule has 0 aromatic heterocycles. The van der Waals surface area contributed by atoms with Crippen molar-refractivity contribution in [3.63, 3.8) is 0 Å². The fourth-order valence-corrected chi connectivity index (χ4v) is 2.02. The van der Waals surface area contributed by atoms with Crippen LogP contribution in [0, 0.1) is 19.7 Å². The van der Waals surface area contributed by atoms with E-state index in [9.17, 15) is 4.39 Å². The Kier molecular flexibility index (Phi) is 3.96. The Balaban J connectivity index is 2.16. The molecule has 0 fully saturated rings. The summed E-state index contributed by atoms with van der Waals surface area (Å²) in [5, 5.41) is 0.359. The van der Waals surface area contributed by atoms with Crippen molar-refractivity contribution in [1.82, 2.24) is 0 Å². The van der Waals surface area contributed by atoms with Crippen LogP contribution in [0.25, 0.3) is 0 Å². The van der Waals surface area contributed by atoms with Gasteiger partial charge in [0.1, 0.15) is 18.2 Å². The molecule has 100 valence electrons. The second-order valence-corrected chi connectivity index (χ2v) is 4.91. The van der Waals surface area contributed by atoms with Crippen molar-refractivity contribution < 1.29 is 9.13 Å². The summed E-state index contributed by atoms with van der Waals surface area (Å²) in [6.45, 7) is 4.18. The van der Waals surface area contributed by atoms with Crippen LogP contribution in [0.4, 0.5) is 10.1 Å². The first kappa shape index (κ1) is 13.7. The number of rotatable bonds is 3. The molecule has 0 spiro atoms. The van der Waals surface area contributed by atoms with E-state index in [0.717, 1.165) is 16.7 Å². The topological polar surface area (TPSA) is 35.2 Å². The predicted molar refractivity (Wildman–Crippen MR) is 76.1 cm³/mol. The Morgan fingerprint density at radius 2 is 1.89 bits per heavy atom. The fraction of sp³-hybridized carbons (Fsp3) is 0.200. The van der Waals surface area contributed by atoms with Crippen molar-refractivity contribution in [2.24, 2.45) is 0 Å². The van der Waals surface area contributed by atoms with E-state index >= 15 is 0 Å². The van der Waals surface area contributed by atoms with Crippen LogP contribution in [0.5, 0.6) is 5.75 Å². The standard InChI is InChI=1S/C15H15ClFNO/c1-9-5-10(2)15(7-14(9)18)19-8-11-3-4-12(17)6-13(11)16/h3-7H,8,18H2,1-2H3. The first-order chi connectivity index (χ1) is 8.97. The van der Waals surface area contributed by atoms with Gasteiger partial charge in [0.2, 0.25) is 0 Å². The number of aryl methyl sites for hydroxylation is 2. The maximum Gasteiger partial charge on any atom is 0.124 e. The van der Waals surface area contributed by atoms with Crippen molar-refractivity contribution in [2.75, 3.05) is 5.73 Å². The van der Waals surface area contributed by atoms with Gasteiger partial charge in [0.15, 0.2) is 0 Å². The number of benzene rings is 2. The molecular weight excluding hydrogens is 265 g/mol. The molecule has 2 N–H and O–H groups in total. The van der Waals surface area contributed by atoms with E-state index in [2.05, 4.69) is 0 Å². The molecule has 2 rings (SSSR count). The zero-order valence-corrected chi connectivity index (χ0v) is 11.6. The Hall–Kier alpha value is -1.74. The highest BCUT2D eigenvalue weighted by Gasteiger charge is 2.06. The summed E-state index contributed by atoms with van der Waals surface area (Å²) in [5.41, 5.74) is 9.30. The number of hydrogen-bond donors (Lipinski definition) is 1. The van der Waals surface area contributed by atoms with Gasteiger partial charge in [-0.2, -0.15) is 0 Å². The quantitative estimate of drug-likeness (QED) is 0.852. The van der Waals surface area contributed by atoms with Gasteiger partial charge in [-0.1, -0.05) is 23.7 Å². The van der Waals surface area contributed by atoms with Crippen molar-refractivity contribution >= 4 is 17.3 Å². The lowest BCUT2D eigenvalue weighted by Gasteiger charge is -2.12. The summed E-state index contributed by atoms with van der Waals surface area (Å²) in [6.07, 6.45) is 0. The van der Waals surface area contributed by atoms with Gasteiger partial charge in [-0.3, -0.25) is 0 Å². The summed E-state index contributed by atoms with van der Waals surface area (Å²) in [6, 6.07) is 8.01. The summed E-state index contributed by atoms with van der Waals surface area (Å²) < 4.78 is 18.6. The molecule has 0 saturated carbocycles. The number of nitrogen functional groups attached to an aromatic ring is 1. The molecular formula is C15H15ClFNO. The molecule has 0 saturated heterocycles. The van der Waals surface area contributed by atoms with E-state index in [-0.39, 0.29) is 12.4 Å². The minimum atomic E-state index is -0.357. The average molecular weight is 280 g/mol. The van der Waals surface area contributed by atoms with Gasteiger partial charge in [-0.25, -0.2) is 4.39 Å². The maximum atomic E-state index is 12.9. The predicted octanol–water partition coefficient (Wildman–Crippen LogP) is 4.26. The monoisotopic (exact) mass is 279 g/mol. The van der Waals surface area contributed by atoms with Crippen molar-refractivity contribution in [3.8, 4) is 5.75 Å². The lowest BCUT2D eigenvalue weighted by atomic mass is 10.1. The zero-order chi connectivity index (χ0) is 14.0. The molecule has 2 nitrogen and oxygen atoms in total. The van der Waals surface area contributed by atoms with Crippen molar-refractivity contribution in [1.29, 1.82) is 0 Å². The second kappa shape index (κ2) is 5.49. The normalized spacial score (nSPS) is 10.5. The molecule has 0 atom stereocenters. The first-order valence-electron chi connectivity index (χ1n) is 5.91. The van der Waals surface area contributed by atoms with E-state index in [1.165, 1.54) is 12.1 Å². The number of anilines is 1. The average Bonchev–Trinajstić information content (AvgIpc) is 2.34. The van der Waals surface area contributed by atoms with E-state index in [1.54, 1.807) is 12.1 Å². The van der Waals surface area contributed by atoms with Gasteiger partial charge in [0.05, 0.1) is 5.02 Å². The molecule has 0 heterocycles. The summed E-state index contributed by atoms with van der Waals surface area (Å²) in [5.74, 6) is 0.355. The smallest absolute Gasteiger partial charge is 0.124 e. The van der Waals surface area contributed by atoms with Gasteiger partial charge in [0.25, 0.3) is 0 Å². The van der Waals surface area contributed by atoms with Crippen molar-refractivity contribution in [2.45, 2.75) is 20.5 Å². The molecule has 0 amide bonds. The third kappa shape index (κ3) is 3.18. The second-order valence-electron chi connectivity index (χ2n) is 4.50. The number of hydrogen-bond acceptors (Lipinski definition) is 2. The summed E-state index contributed by atoms with van der Waals surface area (Å²) in [7, 11) is 0. The fourth-order valence-electron chi connectivity index (χ4n) is 1.80. The molecule has 0 aliphatic heterocycles. The van der Waals surface area contributed by atoms with Crippen LogP contribution >= 0.6 is 11.6 Å². The molecule has 2 aromatic rings. The highest BCUT2D eigenvalue weighted by Crippen LogP contribution is 2.26. The molecule has 0 aliphatic carbocycles. The van der Waals surface area contributed by atoms with Crippen molar-refractivity contribution in [3.05, 3.63) is 57.9 Å². The maximum absolute atomic E-state index is 12.9. The SMILES string of the molecule is Cc1cc(C)c(OCc2ccc(F)cc2Cl)cc1N. The number of nitrogens with two attached hydrogens (primary N) is 1. The highest BCUT2D eigenvalue weighted by atomic mass is 35.5. The number of ether oxygens (including phenoxy) is 1. The first-order valence-corrected chi connectivity index (χ1v) is 6.28. The lowest BCUT2D eigenvalue weighted by Crippen LogP contribution is -2.00. The van der Waals surface area contributed by atoms with Crippen LogP contribution in [0.3, 0.4) is 0 Å². The van der Waals surface area contributed by atoms with Gasteiger partial charge in [-0.05, 0) is 37.1 Å². The van der Waals surface area contributed by atoms with Gasteiger partial charge >= 0.3 is 0 Å². The molecule has 4 heteroatoms. The Morgan fingerprint density at radius 3 is 2.58 bits per heavy atom. The van der Waals surface area contributed by atoms with Crippen LogP contribution in [-0.2, 0) is 6.61 Å². The van der Waals surface area contributed by atoms with Crippen LogP contribution in [0.15, 0.2) is 30.3 Å². The van der Waals surface area contributed by atoms with Crippen LogP contribution in [0.2, 0.25) is 5.02 Å². The van der Waals surface area contributed by atoms with Gasteiger partial charge < -0.3 is 10.5 Å². The lowest BCUT2D eigenvalue weighted by molar-refractivity contribution is 0.304. The largest absolute Gasteiger partial charge is 0.489 e. The highest BCUT2D eigenvalue weighted by molar-refractivity contribution is 6.31. The molecule has 0 radical (unpaired) electrons.